The van der Waals surface area contributed by atoms with Crippen molar-refractivity contribution >= 4 is 23.7 Å². The molecule has 5 nitrogen and oxygen atoms in total. The molecule has 1 aromatic rings. The average Bonchev–Trinajstić information content (AvgIpc) is 2.93. The molecule has 0 aliphatic carbocycles. The van der Waals surface area contributed by atoms with Crippen molar-refractivity contribution in [1.82, 2.24) is 15.1 Å². The van der Waals surface area contributed by atoms with Crippen LogP contribution in [-0.4, -0.2) is 53.7 Å². The first-order valence-electron chi connectivity index (χ1n) is 10.2. The van der Waals surface area contributed by atoms with Crippen molar-refractivity contribution in [3.63, 3.8) is 0 Å². The number of nitrogens with one attached hydrogen (secondary N) is 1. The molecule has 0 bridgehead atoms. The summed E-state index contributed by atoms with van der Waals surface area (Å²) in [4.78, 5) is 28.3. The molecule has 6 heteroatoms. The van der Waals surface area contributed by atoms with Crippen LogP contribution in [0.4, 0.5) is 4.79 Å². The normalized spacial score (nSPS) is 19.8. The Hall–Kier alpha value is -1.69. The van der Waals surface area contributed by atoms with E-state index < -0.39 is 0 Å². The molecule has 1 heterocycles. The molecule has 156 valence electrons. The lowest BCUT2D eigenvalue weighted by molar-refractivity contribution is -0.129. The number of carbonyl (C=O) groups excluding carboxylic acids is 2. The largest absolute Gasteiger partial charge is 0.338 e. The number of nitrogens with zero attached hydrogens (tertiary/aromatic N) is 2. The van der Waals surface area contributed by atoms with E-state index in [2.05, 4.69) is 50.4 Å². The zero-order chi connectivity index (χ0) is 20.9. The molecule has 0 saturated carbocycles. The minimum atomic E-state index is -0.0494. The van der Waals surface area contributed by atoms with Crippen LogP contribution < -0.4 is 5.32 Å². The lowest BCUT2D eigenvalue weighted by Crippen LogP contribution is -2.39. The first-order chi connectivity index (χ1) is 13.1. The molecule has 3 amide bonds. The number of rotatable bonds is 7. The summed E-state index contributed by atoms with van der Waals surface area (Å²) in [6.07, 6.45) is 1.69. The van der Waals surface area contributed by atoms with E-state index in [1.54, 1.807) is 23.7 Å². The molecule has 1 aromatic carbocycles. The first-order valence-corrected chi connectivity index (χ1v) is 11.1. The molecular weight excluding hydrogens is 370 g/mol. The van der Waals surface area contributed by atoms with Crippen LogP contribution in [0.5, 0.6) is 0 Å². The molecular formula is C22H35N3O2S. The fourth-order valence-corrected chi connectivity index (χ4v) is 4.56. The van der Waals surface area contributed by atoms with Crippen LogP contribution in [-0.2, 0) is 10.2 Å². The van der Waals surface area contributed by atoms with E-state index >= 15 is 0 Å². The Balaban J connectivity index is 1.99. The van der Waals surface area contributed by atoms with Gasteiger partial charge < -0.3 is 15.1 Å². The summed E-state index contributed by atoms with van der Waals surface area (Å²) in [5.74, 6) is 0.188. The Bertz CT molecular complexity index is 669. The van der Waals surface area contributed by atoms with E-state index in [1.807, 2.05) is 18.7 Å². The van der Waals surface area contributed by atoms with E-state index in [-0.39, 0.29) is 28.0 Å². The van der Waals surface area contributed by atoms with Crippen LogP contribution in [0.25, 0.3) is 0 Å². The monoisotopic (exact) mass is 405 g/mol. The summed E-state index contributed by atoms with van der Waals surface area (Å²) in [6.45, 7) is 12.6. The summed E-state index contributed by atoms with van der Waals surface area (Å²) >= 11 is 1.71. The van der Waals surface area contributed by atoms with Gasteiger partial charge in [-0.1, -0.05) is 52.0 Å². The fraction of sp³-hybridized carbons (Fsp3) is 0.636. The lowest BCUT2D eigenvalue weighted by Gasteiger charge is -2.26. The van der Waals surface area contributed by atoms with Gasteiger partial charge in [-0.15, -0.1) is 11.8 Å². The molecule has 0 unspecified atom stereocenters. The van der Waals surface area contributed by atoms with Gasteiger partial charge in [0.1, 0.15) is 5.37 Å². The summed E-state index contributed by atoms with van der Waals surface area (Å²) in [5, 5.41) is 2.90. The summed E-state index contributed by atoms with van der Waals surface area (Å²) in [6, 6.07) is 8.61. The highest BCUT2D eigenvalue weighted by molar-refractivity contribution is 8.01. The van der Waals surface area contributed by atoms with Crippen LogP contribution in [0.2, 0.25) is 0 Å². The van der Waals surface area contributed by atoms with Crippen LogP contribution in [0, 0.1) is 0 Å². The second-order valence-electron chi connectivity index (χ2n) is 8.54. The zero-order valence-electron chi connectivity index (χ0n) is 18.1. The van der Waals surface area contributed by atoms with E-state index in [1.165, 1.54) is 11.1 Å². The van der Waals surface area contributed by atoms with Crippen molar-refractivity contribution in [2.24, 2.45) is 0 Å². The van der Waals surface area contributed by atoms with Crippen molar-refractivity contribution in [3.05, 3.63) is 35.4 Å². The Morgan fingerprint density at radius 1 is 1.25 bits per heavy atom. The van der Waals surface area contributed by atoms with E-state index in [0.717, 1.165) is 12.8 Å². The second kappa shape index (κ2) is 9.68. The summed E-state index contributed by atoms with van der Waals surface area (Å²) in [7, 11) is 1.80. The molecule has 1 fully saturated rings. The number of hydrogen-bond acceptors (Lipinski definition) is 3. The third kappa shape index (κ3) is 5.66. The fourth-order valence-electron chi connectivity index (χ4n) is 3.25. The van der Waals surface area contributed by atoms with Crippen molar-refractivity contribution in [2.45, 2.75) is 63.5 Å². The smallest absolute Gasteiger partial charge is 0.317 e. The third-order valence-electron chi connectivity index (χ3n) is 5.07. The van der Waals surface area contributed by atoms with Gasteiger partial charge in [-0.25, -0.2) is 4.79 Å². The number of thioether (sulfide) groups is 1. The van der Waals surface area contributed by atoms with Crippen LogP contribution in [0.15, 0.2) is 24.3 Å². The standard InChI is InChI=1S/C22H35N3O2S/c1-7-13-23-21(27)24(6)14-8-15-25-19(26)16(2)28-20(25)17-9-11-18(12-10-17)22(3,4)5/h9-12,16,20H,7-8,13-15H2,1-6H3,(H,23,27)/t16-,20+/m0/s1. The molecule has 0 spiro atoms. The van der Waals surface area contributed by atoms with Crippen molar-refractivity contribution < 1.29 is 9.59 Å². The number of amides is 3. The Labute approximate surface area is 174 Å². The predicted molar refractivity (Wildman–Crippen MR) is 118 cm³/mol. The Morgan fingerprint density at radius 3 is 2.46 bits per heavy atom. The summed E-state index contributed by atoms with van der Waals surface area (Å²) in [5.41, 5.74) is 2.59. The van der Waals surface area contributed by atoms with Gasteiger partial charge in [-0.3, -0.25) is 4.79 Å². The lowest BCUT2D eigenvalue weighted by atomic mass is 9.86. The second-order valence-corrected chi connectivity index (χ2v) is 9.97. The van der Waals surface area contributed by atoms with Gasteiger partial charge in [0.05, 0.1) is 5.25 Å². The van der Waals surface area contributed by atoms with E-state index in [0.29, 0.717) is 19.6 Å². The molecule has 1 saturated heterocycles. The van der Waals surface area contributed by atoms with Gasteiger partial charge in [0, 0.05) is 26.7 Å². The van der Waals surface area contributed by atoms with Gasteiger partial charge in [0.15, 0.2) is 0 Å². The zero-order valence-corrected chi connectivity index (χ0v) is 18.9. The van der Waals surface area contributed by atoms with E-state index in [9.17, 15) is 9.59 Å². The topological polar surface area (TPSA) is 52.7 Å². The van der Waals surface area contributed by atoms with Gasteiger partial charge in [0.2, 0.25) is 5.91 Å². The molecule has 28 heavy (non-hydrogen) atoms. The highest BCUT2D eigenvalue weighted by Crippen LogP contribution is 2.43. The minimum absolute atomic E-state index is 0.0297. The number of carbonyl (C=O) groups is 2. The average molecular weight is 406 g/mol. The van der Waals surface area contributed by atoms with Crippen LogP contribution in [0.3, 0.4) is 0 Å². The highest BCUT2D eigenvalue weighted by atomic mass is 32.2. The van der Waals surface area contributed by atoms with Crippen molar-refractivity contribution in [2.75, 3.05) is 26.7 Å². The van der Waals surface area contributed by atoms with Gasteiger partial charge >= 0.3 is 6.03 Å². The Morgan fingerprint density at radius 2 is 1.89 bits per heavy atom. The van der Waals surface area contributed by atoms with Gasteiger partial charge in [-0.2, -0.15) is 0 Å². The quantitative estimate of drug-likeness (QED) is 0.732. The molecule has 0 radical (unpaired) electrons. The Kier molecular flexibility index (Phi) is 7.81. The van der Waals surface area contributed by atoms with Crippen LogP contribution in [0.1, 0.15) is 64.0 Å². The van der Waals surface area contributed by atoms with E-state index in [4.69, 9.17) is 0 Å². The highest BCUT2D eigenvalue weighted by Gasteiger charge is 2.38. The maximum Gasteiger partial charge on any atom is 0.317 e. The number of urea groups is 1. The van der Waals surface area contributed by atoms with Crippen molar-refractivity contribution in [1.29, 1.82) is 0 Å². The van der Waals surface area contributed by atoms with Crippen LogP contribution >= 0.6 is 11.8 Å². The minimum Gasteiger partial charge on any atom is -0.338 e. The molecule has 0 aromatic heterocycles. The summed E-state index contributed by atoms with van der Waals surface area (Å²) < 4.78 is 0. The third-order valence-corrected chi connectivity index (χ3v) is 6.47. The predicted octanol–water partition coefficient (Wildman–Crippen LogP) is 4.39. The maximum atomic E-state index is 12.7. The molecule has 2 atom stereocenters. The van der Waals surface area contributed by atoms with Gasteiger partial charge in [0.25, 0.3) is 0 Å². The van der Waals surface area contributed by atoms with Crippen molar-refractivity contribution in [3.8, 4) is 0 Å². The SMILES string of the molecule is CCCNC(=O)N(C)CCCN1C(=O)[C@H](C)S[C@@H]1c1ccc(C(C)(C)C)cc1. The maximum absolute atomic E-state index is 12.7. The number of hydrogen-bond donors (Lipinski definition) is 1. The molecule has 2 rings (SSSR count). The first kappa shape index (κ1) is 22.6. The number of benzene rings is 1. The van der Waals surface area contributed by atoms with Gasteiger partial charge in [-0.05, 0) is 36.3 Å². The molecule has 1 aliphatic heterocycles. The molecule has 1 aliphatic rings. The molecule has 1 N–H and O–H groups in total.